The van der Waals surface area contributed by atoms with Crippen LogP contribution in [0.15, 0.2) is 0 Å². The molecule has 0 saturated carbocycles. The van der Waals surface area contributed by atoms with Crippen molar-refractivity contribution in [1.29, 1.82) is 0 Å². The monoisotopic (exact) mass is 354 g/mol. The van der Waals surface area contributed by atoms with Crippen LogP contribution in [-0.4, -0.2) is 103 Å². The summed E-state index contributed by atoms with van der Waals surface area (Å²) in [5, 5.41) is 42.8. The van der Waals surface area contributed by atoms with Crippen LogP contribution in [0.4, 0.5) is 0 Å². The van der Waals surface area contributed by atoms with E-state index in [2.05, 4.69) is 5.32 Å². The minimum atomic E-state index is -1.42. The second-order valence-corrected chi connectivity index (χ2v) is 5.70. The molecule has 7 N–H and O–H groups in total. The van der Waals surface area contributed by atoms with Gasteiger partial charge in [0.2, 0.25) is 0 Å². The van der Waals surface area contributed by atoms with E-state index in [-0.39, 0.29) is 0 Å². The van der Waals surface area contributed by atoms with Gasteiger partial charge in [0.05, 0.1) is 12.1 Å². The molecule has 0 aromatic carbocycles. The van der Waals surface area contributed by atoms with Gasteiger partial charge in [0.15, 0.2) is 25.2 Å². The molecule has 0 spiro atoms. The molecule has 2 aliphatic heterocycles. The highest BCUT2D eigenvalue weighted by molar-refractivity contribution is 4.93. The molecule has 0 radical (unpaired) electrons. The van der Waals surface area contributed by atoms with E-state index in [1.54, 1.807) is 7.05 Å². The van der Waals surface area contributed by atoms with E-state index in [1.165, 1.54) is 14.2 Å². The molecule has 2 aliphatic rings. The lowest BCUT2D eigenvalue weighted by atomic mass is 9.99. The molecule has 0 aromatic rings. The smallest absolute Gasteiger partial charge is 0.189 e. The number of methoxy groups -OCH3 is 2. The summed E-state index contributed by atoms with van der Waals surface area (Å²) in [5.41, 5.74) is 5.67. The van der Waals surface area contributed by atoms with E-state index in [0.29, 0.717) is 0 Å². The van der Waals surface area contributed by atoms with Crippen molar-refractivity contribution >= 4 is 0 Å². The average Bonchev–Trinajstić information content (AvgIpc) is 2.58. The molecule has 2 rings (SSSR count). The first-order chi connectivity index (χ1) is 11.3. The molecule has 142 valence electrons. The van der Waals surface area contributed by atoms with Crippen molar-refractivity contribution in [2.45, 2.75) is 61.7 Å². The van der Waals surface area contributed by atoms with Crippen molar-refractivity contribution in [3.05, 3.63) is 0 Å². The van der Waals surface area contributed by atoms with Crippen LogP contribution in [0.2, 0.25) is 0 Å². The maximum atomic E-state index is 10.3. The lowest BCUT2D eigenvalue weighted by Crippen LogP contribution is -2.67. The van der Waals surface area contributed by atoms with Crippen molar-refractivity contribution < 1.29 is 44.1 Å². The van der Waals surface area contributed by atoms with Crippen LogP contribution >= 0.6 is 0 Å². The molecule has 2 fully saturated rings. The van der Waals surface area contributed by atoms with Crippen LogP contribution in [0.3, 0.4) is 0 Å². The number of likely N-dealkylation sites (N-methyl/N-ethyl adjacent to an activating group) is 1. The number of ether oxygens (including phenoxy) is 5. The van der Waals surface area contributed by atoms with E-state index in [0.717, 1.165) is 0 Å². The van der Waals surface area contributed by atoms with Gasteiger partial charge in [-0.05, 0) is 7.05 Å². The summed E-state index contributed by atoms with van der Waals surface area (Å²) in [6, 6.07) is -1.94. The fourth-order valence-electron chi connectivity index (χ4n) is 2.79. The maximum Gasteiger partial charge on any atom is 0.189 e. The Hall–Kier alpha value is -0.440. The van der Waals surface area contributed by atoms with Gasteiger partial charge in [-0.15, -0.1) is 0 Å². The second kappa shape index (κ2) is 8.29. The van der Waals surface area contributed by atoms with Gasteiger partial charge < -0.3 is 55.2 Å². The van der Waals surface area contributed by atoms with E-state index >= 15 is 0 Å². The predicted molar refractivity (Wildman–Crippen MR) is 77.3 cm³/mol. The number of aliphatic hydroxyl groups is 4. The van der Waals surface area contributed by atoms with Crippen LogP contribution in [0.5, 0.6) is 0 Å². The van der Waals surface area contributed by atoms with Crippen LogP contribution in [-0.2, 0) is 23.7 Å². The zero-order valence-corrected chi connectivity index (χ0v) is 13.7. The highest BCUT2D eigenvalue weighted by Gasteiger charge is 2.50. The third-order valence-corrected chi connectivity index (χ3v) is 4.25. The highest BCUT2D eigenvalue weighted by atomic mass is 16.8. The van der Waals surface area contributed by atoms with Crippen molar-refractivity contribution in [2.24, 2.45) is 5.73 Å². The van der Waals surface area contributed by atoms with Crippen molar-refractivity contribution in [2.75, 3.05) is 21.3 Å². The molecule has 0 bridgehead atoms. The van der Waals surface area contributed by atoms with Crippen molar-refractivity contribution in [3.63, 3.8) is 0 Å². The quantitative estimate of drug-likeness (QED) is 0.285. The largest absolute Gasteiger partial charge is 0.388 e. The molecule has 11 heteroatoms. The standard InChI is InChI=1S/C13H26N2O9/c1-15-5-7(17)8(18)12(20-2)24-11(5)22-9-6(16)4(14)10(19)23-13(9)21-3/h4-13,15-19H,14H2,1-3H3/t4?,5?,6?,7-,8-,9+,10+,11-,12?,13+/m1/s1. The average molecular weight is 354 g/mol. The van der Waals surface area contributed by atoms with E-state index in [9.17, 15) is 20.4 Å². The SMILES string of the molecule is CNC1[C@H](O[C@H]2C(O)C(N)[C@@H](O)O[C@@H]2OC)OC(OC)[C@H](O)[C@@H]1O. The summed E-state index contributed by atoms with van der Waals surface area (Å²) in [6.07, 6.45) is -9.72. The van der Waals surface area contributed by atoms with Crippen molar-refractivity contribution in [1.82, 2.24) is 5.32 Å². The summed E-state index contributed by atoms with van der Waals surface area (Å²) in [5.74, 6) is 0. The zero-order valence-electron chi connectivity index (χ0n) is 13.7. The van der Waals surface area contributed by atoms with Gasteiger partial charge in [0, 0.05) is 14.2 Å². The van der Waals surface area contributed by atoms with Gasteiger partial charge in [-0.25, -0.2) is 0 Å². The van der Waals surface area contributed by atoms with Gasteiger partial charge in [0.25, 0.3) is 0 Å². The van der Waals surface area contributed by atoms with Crippen LogP contribution < -0.4 is 11.1 Å². The lowest BCUT2D eigenvalue weighted by molar-refractivity contribution is -0.374. The molecule has 10 atom stereocenters. The molecule has 0 aromatic heterocycles. The first-order valence-corrected chi connectivity index (χ1v) is 7.52. The molecule has 0 aliphatic carbocycles. The Morgan fingerprint density at radius 2 is 1.50 bits per heavy atom. The second-order valence-electron chi connectivity index (χ2n) is 5.70. The number of hydrogen-bond acceptors (Lipinski definition) is 11. The summed E-state index contributed by atoms with van der Waals surface area (Å²) in [4.78, 5) is 0. The van der Waals surface area contributed by atoms with Crippen LogP contribution in [0.1, 0.15) is 0 Å². The fourth-order valence-corrected chi connectivity index (χ4v) is 2.79. The van der Waals surface area contributed by atoms with Gasteiger partial charge in [0.1, 0.15) is 24.4 Å². The van der Waals surface area contributed by atoms with E-state index in [1.807, 2.05) is 0 Å². The Morgan fingerprint density at radius 1 is 0.875 bits per heavy atom. The number of aliphatic hydroxyl groups excluding tert-OH is 4. The number of hydrogen-bond donors (Lipinski definition) is 6. The molecular weight excluding hydrogens is 328 g/mol. The minimum Gasteiger partial charge on any atom is -0.388 e. The Labute approximate surface area is 139 Å². The Morgan fingerprint density at radius 3 is 2.04 bits per heavy atom. The van der Waals surface area contributed by atoms with Gasteiger partial charge >= 0.3 is 0 Å². The Kier molecular flexibility index (Phi) is 6.87. The fraction of sp³-hybridized carbons (Fsp3) is 1.00. The topological polar surface area (TPSA) is 165 Å². The van der Waals surface area contributed by atoms with Gasteiger partial charge in [-0.1, -0.05) is 0 Å². The summed E-state index contributed by atoms with van der Waals surface area (Å²) in [7, 11) is 4.16. The molecule has 11 nitrogen and oxygen atoms in total. The minimum absolute atomic E-state index is 0.820. The first kappa shape index (κ1) is 19.9. The Balaban J connectivity index is 2.16. The predicted octanol–water partition coefficient (Wildman–Crippen LogP) is -3.98. The molecule has 4 unspecified atom stereocenters. The Bertz CT molecular complexity index is 402. The normalized spacial score (nSPS) is 50.0. The summed E-state index contributed by atoms with van der Waals surface area (Å²) in [6.45, 7) is 0. The van der Waals surface area contributed by atoms with Gasteiger partial charge in [-0.2, -0.15) is 0 Å². The molecule has 2 heterocycles. The molecule has 0 amide bonds. The molecule has 2 saturated heterocycles. The summed E-state index contributed by atoms with van der Waals surface area (Å²) < 4.78 is 26.4. The van der Waals surface area contributed by atoms with Crippen LogP contribution in [0.25, 0.3) is 0 Å². The third kappa shape index (κ3) is 3.71. The lowest BCUT2D eigenvalue weighted by Gasteiger charge is -2.46. The zero-order chi connectivity index (χ0) is 18.0. The highest BCUT2D eigenvalue weighted by Crippen LogP contribution is 2.28. The summed E-state index contributed by atoms with van der Waals surface area (Å²) >= 11 is 0. The van der Waals surface area contributed by atoms with E-state index in [4.69, 9.17) is 29.4 Å². The van der Waals surface area contributed by atoms with Crippen molar-refractivity contribution in [3.8, 4) is 0 Å². The molecular formula is C13H26N2O9. The van der Waals surface area contributed by atoms with E-state index < -0.39 is 61.7 Å². The van der Waals surface area contributed by atoms with Gasteiger partial charge in [-0.3, -0.25) is 0 Å². The maximum absolute atomic E-state index is 10.3. The molecule has 24 heavy (non-hydrogen) atoms. The number of nitrogens with two attached hydrogens (primary N) is 1. The first-order valence-electron chi connectivity index (χ1n) is 7.52. The van der Waals surface area contributed by atoms with Crippen LogP contribution in [0, 0.1) is 0 Å². The number of nitrogens with one attached hydrogen (secondary N) is 1. The third-order valence-electron chi connectivity index (χ3n) is 4.25. The number of rotatable bonds is 5.